The van der Waals surface area contributed by atoms with Gasteiger partial charge in [0.2, 0.25) is 0 Å². The molecule has 24 heavy (non-hydrogen) atoms. The first kappa shape index (κ1) is 17.8. The van der Waals surface area contributed by atoms with Gasteiger partial charge in [-0.2, -0.15) is 0 Å². The second kappa shape index (κ2) is 7.34. The lowest BCUT2D eigenvalue weighted by atomic mass is 10.2. The Balaban J connectivity index is 2.21. The Morgan fingerprint density at radius 3 is 2.29 bits per heavy atom. The molecule has 0 aliphatic rings. The monoisotopic (exact) mass is 328 g/mol. The Hall–Kier alpha value is -2.56. The molecule has 0 aliphatic carbocycles. The maximum atomic E-state index is 12.4. The third-order valence-corrected chi connectivity index (χ3v) is 3.75. The summed E-state index contributed by atoms with van der Waals surface area (Å²) in [5.74, 6) is -0.785. The van der Waals surface area contributed by atoms with Gasteiger partial charge in [-0.1, -0.05) is 18.2 Å². The molecule has 0 saturated carbocycles. The van der Waals surface area contributed by atoms with Crippen molar-refractivity contribution >= 4 is 11.9 Å². The van der Waals surface area contributed by atoms with Crippen molar-refractivity contribution in [1.82, 2.24) is 9.88 Å². The van der Waals surface area contributed by atoms with Gasteiger partial charge in [-0.15, -0.1) is 0 Å². The number of para-hydroxylation sites is 1. The molecule has 5 heteroatoms. The van der Waals surface area contributed by atoms with Gasteiger partial charge in [0.05, 0.1) is 5.56 Å². The van der Waals surface area contributed by atoms with E-state index in [1.807, 2.05) is 62.6 Å². The zero-order chi connectivity index (χ0) is 17.9. The van der Waals surface area contributed by atoms with Crippen molar-refractivity contribution in [3.05, 3.63) is 53.3 Å². The molecule has 0 aliphatic heterocycles. The fourth-order valence-corrected chi connectivity index (χ4v) is 2.62. The molecule has 1 atom stereocenters. The Kier molecular flexibility index (Phi) is 5.44. The van der Waals surface area contributed by atoms with Crippen molar-refractivity contribution in [3.63, 3.8) is 0 Å². The number of benzene rings is 1. The number of esters is 1. The molecule has 1 N–H and O–H groups in total. The summed E-state index contributed by atoms with van der Waals surface area (Å²) in [6, 6.07) is 11.6. The maximum absolute atomic E-state index is 12.4. The summed E-state index contributed by atoms with van der Waals surface area (Å²) in [5.41, 5.74) is 3.18. The Morgan fingerprint density at radius 1 is 1.08 bits per heavy atom. The van der Waals surface area contributed by atoms with Gasteiger partial charge in [-0.25, -0.2) is 4.79 Å². The van der Waals surface area contributed by atoms with E-state index < -0.39 is 12.1 Å². The second-order valence-electron chi connectivity index (χ2n) is 6.17. The molecule has 5 nitrogen and oxygen atoms in total. The molecule has 128 valence electrons. The van der Waals surface area contributed by atoms with Gasteiger partial charge in [0.25, 0.3) is 5.91 Å². The lowest BCUT2D eigenvalue weighted by Crippen LogP contribution is -2.39. The minimum atomic E-state index is -0.834. The van der Waals surface area contributed by atoms with E-state index in [0.717, 1.165) is 17.1 Å². The lowest BCUT2D eigenvalue weighted by molar-refractivity contribution is -0.129. The van der Waals surface area contributed by atoms with Crippen LogP contribution < -0.4 is 5.32 Å². The summed E-state index contributed by atoms with van der Waals surface area (Å²) in [6.07, 6.45) is -0.834. The zero-order valence-corrected chi connectivity index (χ0v) is 14.8. The SMILES string of the molecule is Cc1cc(C(=O)O[C@H](C)C(=O)NC(C)C)c(C)n1-c1ccccc1. The first-order valence-corrected chi connectivity index (χ1v) is 8.07. The number of nitrogens with one attached hydrogen (secondary N) is 1. The van der Waals surface area contributed by atoms with Crippen molar-refractivity contribution in [2.45, 2.75) is 46.8 Å². The summed E-state index contributed by atoms with van der Waals surface area (Å²) >= 11 is 0. The van der Waals surface area contributed by atoms with Crippen LogP contribution in [0, 0.1) is 13.8 Å². The molecule has 2 aromatic rings. The summed E-state index contributed by atoms with van der Waals surface area (Å²) in [7, 11) is 0. The topological polar surface area (TPSA) is 60.3 Å². The number of amides is 1. The van der Waals surface area contributed by atoms with E-state index in [0.29, 0.717) is 5.56 Å². The zero-order valence-electron chi connectivity index (χ0n) is 14.8. The van der Waals surface area contributed by atoms with Gasteiger partial charge < -0.3 is 14.6 Å². The Morgan fingerprint density at radius 2 is 1.71 bits per heavy atom. The van der Waals surface area contributed by atoms with Crippen LogP contribution in [0.25, 0.3) is 5.69 Å². The molecule has 0 spiro atoms. The summed E-state index contributed by atoms with van der Waals surface area (Å²) in [5, 5.41) is 2.74. The predicted molar refractivity (Wildman–Crippen MR) is 93.4 cm³/mol. The van der Waals surface area contributed by atoms with Crippen LogP contribution in [-0.4, -0.2) is 28.6 Å². The number of aromatic nitrogens is 1. The van der Waals surface area contributed by atoms with Gasteiger partial charge in [0.1, 0.15) is 0 Å². The number of nitrogens with zero attached hydrogens (tertiary/aromatic N) is 1. The van der Waals surface area contributed by atoms with Crippen LogP contribution in [0.3, 0.4) is 0 Å². The number of carbonyl (C=O) groups excluding carboxylic acids is 2. The molecule has 0 radical (unpaired) electrons. The molecule has 1 heterocycles. The molecular formula is C19H24N2O3. The van der Waals surface area contributed by atoms with Gasteiger partial charge in [-0.05, 0) is 52.8 Å². The van der Waals surface area contributed by atoms with Gasteiger partial charge >= 0.3 is 5.97 Å². The van der Waals surface area contributed by atoms with E-state index in [1.165, 1.54) is 0 Å². The van der Waals surface area contributed by atoms with Gasteiger partial charge in [0, 0.05) is 23.1 Å². The number of ether oxygens (including phenoxy) is 1. The fraction of sp³-hybridized carbons (Fsp3) is 0.368. The minimum Gasteiger partial charge on any atom is -0.449 e. The molecule has 0 bridgehead atoms. The highest BCUT2D eigenvalue weighted by atomic mass is 16.5. The first-order chi connectivity index (χ1) is 11.3. The van der Waals surface area contributed by atoms with Crippen LogP contribution in [0.15, 0.2) is 36.4 Å². The number of aryl methyl sites for hydroxylation is 1. The average molecular weight is 328 g/mol. The molecule has 1 amide bonds. The Labute approximate surface area is 142 Å². The molecule has 1 aromatic carbocycles. The average Bonchev–Trinajstić information content (AvgIpc) is 2.82. The maximum Gasteiger partial charge on any atom is 0.340 e. The quantitative estimate of drug-likeness (QED) is 0.858. The van der Waals surface area contributed by atoms with E-state index in [4.69, 9.17) is 4.74 Å². The molecule has 2 rings (SSSR count). The number of carbonyl (C=O) groups is 2. The largest absolute Gasteiger partial charge is 0.449 e. The summed E-state index contributed by atoms with van der Waals surface area (Å²) in [6.45, 7) is 9.10. The van der Waals surface area contributed by atoms with Crippen LogP contribution in [0.2, 0.25) is 0 Å². The molecule has 1 aromatic heterocycles. The Bertz CT molecular complexity index is 733. The molecule has 0 fully saturated rings. The molecular weight excluding hydrogens is 304 g/mol. The number of hydrogen-bond donors (Lipinski definition) is 1. The third kappa shape index (κ3) is 3.85. The van der Waals surface area contributed by atoms with Crippen LogP contribution >= 0.6 is 0 Å². The van der Waals surface area contributed by atoms with Crippen molar-refractivity contribution in [2.75, 3.05) is 0 Å². The normalized spacial score (nSPS) is 12.1. The predicted octanol–water partition coefficient (Wildman–Crippen LogP) is 3.16. The highest BCUT2D eigenvalue weighted by molar-refractivity contribution is 5.93. The standard InChI is InChI=1S/C19H24N2O3/c1-12(2)20-18(22)15(5)24-19(23)17-11-13(3)21(14(17)4)16-9-7-6-8-10-16/h6-12,15H,1-5H3,(H,20,22)/t15-/m1/s1. The van der Waals surface area contributed by atoms with Crippen LogP contribution in [0.1, 0.15) is 42.5 Å². The minimum absolute atomic E-state index is 0.00166. The third-order valence-electron chi connectivity index (χ3n) is 3.75. The van der Waals surface area contributed by atoms with Crippen LogP contribution in [0.4, 0.5) is 0 Å². The van der Waals surface area contributed by atoms with Crippen LogP contribution in [0.5, 0.6) is 0 Å². The summed E-state index contributed by atoms with van der Waals surface area (Å²) in [4.78, 5) is 24.4. The van der Waals surface area contributed by atoms with E-state index >= 15 is 0 Å². The summed E-state index contributed by atoms with van der Waals surface area (Å²) < 4.78 is 7.32. The van der Waals surface area contributed by atoms with Crippen LogP contribution in [-0.2, 0) is 9.53 Å². The van der Waals surface area contributed by atoms with E-state index in [1.54, 1.807) is 13.0 Å². The highest BCUT2D eigenvalue weighted by Crippen LogP contribution is 2.21. The number of hydrogen-bond acceptors (Lipinski definition) is 3. The van der Waals surface area contributed by atoms with Crippen molar-refractivity contribution in [1.29, 1.82) is 0 Å². The molecule has 0 saturated heterocycles. The fourth-order valence-electron chi connectivity index (χ4n) is 2.62. The van der Waals surface area contributed by atoms with Gasteiger partial charge in [0.15, 0.2) is 6.10 Å². The van der Waals surface area contributed by atoms with Gasteiger partial charge in [-0.3, -0.25) is 4.79 Å². The second-order valence-corrected chi connectivity index (χ2v) is 6.17. The van der Waals surface area contributed by atoms with E-state index in [2.05, 4.69) is 5.32 Å². The lowest BCUT2D eigenvalue weighted by Gasteiger charge is -2.15. The smallest absolute Gasteiger partial charge is 0.340 e. The number of rotatable bonds is 5. The van der Waals surface area contributed by atoms with Crippen molar-refractivity contribution < 1.29 is 14.3 Å². The van der Waals surface area contributed by atoms with E-state index in [9.17, 15) is 9.59 Å². The molecule has 0 unspecified atom stereocenters. The van der Waals surface area contributed by atoms with E-state index in [-0.39, 0.29) is 11.9 Å². The van der Waals surface area contributed by atoms with Crippen molar-refractivity contribution in [3.8, 4) is 5.69 Å². The first-order valence-electron chi connectivity index (χ1n) is 8.07. The van der Waals surface area contributed by atoms with Crippen molar-refractivity contribution in [2.24, 2.45) is 0 Å². The highest BCUT2D eigenvalue weighted by Gasteiger charge is 2.23.